The second kappa shape index (κ2) is 7.23. The highest BCUT2D eigenvalue weighted by molar-refractivity contribution is 9.11. The summed E-state index contributed by atoms with van der Waals surface area (Å²) in [5.74, 6) is 0.744. The Bertz CT molecular complexity index is 1150. The molecule has 6 nitrogen and oxygen atoms in total. The third-order valence-corrected chi connectivity index (χ3v) is 6.95. The number of hydrogen-bond donors (Lipinski definition) is 0. The predicted molar refractivity (Wildman–Crippen MR) is 118 cm³/mol. The van der Waals surface area contributed by atoms with E-state index in [4.69, 9.17) is 9.84 Å². The fourth-order valence-corrected chi connectivity index (χ4v) is 5.79. The van der Waals surface area contributed by atoms with Crippen LogP contribution in [0.4, 0.5) is 5.69 Å². The molecule has 146 valence electrons. The molecule has 0 fully saturated rings. The Morgan fingerprint density at radius 3 is 2.83 bits per heavy atom. The van der Waals surface area contributed by atoms with E-state index in [1.54, 1.807) is 23.5 Å². The molecule has 2 atom stereocenters. The van der Waals surface area contributed by atoms with Crippen molar-refractivity contribution in [2.75, 3.05) is 0 Å². The van der Waals surface area contributed by atoms with Crippen LogP contribution in [0.1, 0.15) is 34.7 Å². The number of hydrogen-bond acceptors (Lipinski definition) is 6. The van der Waals surface area contributed by atoms with Crippen LogP contribution >= 0.6 is 43.2 Å². The van der Waals surface area contributed by atoms with Gasteiger partial charge in [0.2, 0.25) is 6.23 Å². The number of fused-ring (bicyclic) bond motifs is 3. The third kappa shape index (κ3) is 3.27. The second-order valence-corrected chi connectivity index (χ2v) is 9.47. The lowest BCUT2D eigenvalue weighted by Crippen LogP contribution is -2.34. The van der Waals surface area contributed by atoms with Crippen LogP contribution in [0.3, 0.4) is 0 Å². The van der Waals surface area contributed by atoms with E-state index < -0.39 is 11.2 Å². The molecule has 3 aromatic rings. The maximum Gasteiger partial charge on any atom is 0.269 e. The van der Waals surface area contributed by atoms with Gasteiger partial charge in [0.15, 0.2) is 0 Å². The summed E-state index contributed by atoms with van der Waals surface area (Å²) in [6, 6.07) is 14.6. The molecule has 9 heteroatoms. The standard InChI is InChI=1S/C20H13Br2N3O3S/c21-12-8-14-17-10-16(18-5-2-6-29-18)23-24(17)20(28-19(14)15(22)9-12)11-3-1-4-13(7-11)25(26)27/h1-9,17,20H,10H2/t17-,20+/m1/s1. The zero-order chi connectivity index (χ0) is 20.1. The predicted octanol–water partition coefficient (Wildman–Crippen LogP) is 6.42. The van der Waals surface area contributed by atoms with Crippen molar-refractivity contribution in [1.82, 2.24) is 5.01 Å². The number of nitro groups is 1. The summed E-state index contributed by atoms with van der Waals surface area (Å²) in [6.07, 6.45) is 0.188. The van der Waals surface area contributed by atoms with Crippen molar-refractivity contribution in [2.24, 2.45) is 5.10 Å². The minimum absolute atomic E-state index is 0.0195. The molecule has 0 aliphatic carbocycles. The van der Waals surface area contributed by atoms with E-state index in [0.29, 0.717) is 5.56 Å². The molecule has 0 saturated heterocycles. The molecular formula is C20H13Br2N3O3S. The molecule has 29 heavy (non-hydrogen) atoms. The monoisotopic (exact) mass is 533 g/mol. The highest BCUT2D eigenvalue weighted by Gasteiger charge is 2.42. The van der Waals surface area contributed by atoms with Gasteiger partial charge in [0.05, 0.1) is 26.0 Å². The summed E-state index contributed by atoms with van der Waals surface area (Å²) in [5, 5.41) is 20.1. The molecule has 0 N–H and O–H groups in total. The maximum atomic E-state index is 11.3. The van der Waals surface area contributed by atoms with E-state index in [9.17, 15) is 10.1 Å². The third-order valence-electron chi connectivity index (χ3n) is 4.98. The number of non-ortho nitro benzene ring substituents is 1. The topological polar surface area (TPSA) is 68.0 Å². The molecule has 0 saturated carbocycles. The van der Waals surface area contributed by atoms with Crippen molar-refractivity contribution in [3.63, 3.8) is 0 Å². The van der Waals surface area contributed by atoms with Crippen molar-refractivity contribution in [3.05, 3.63) is 89.0 Å². The summed E-state index contributed by atoms with van der Waals surface area (Å²) >= 11 is 8.82. The number of nitrogens with zero attached hydrogens (tertiary/aromatic N) is 3. The Balaban J connectivity index is 1.64. The minimum atomic E-state index is -0.553. The van der Waals surface area contributed by atoms with E-state index in [0.717, 1.165) is 37.3 Å². The van der Waals surface area contributed by atoms with Gasteiger partial charge in [0.25, 0.3) is 5.69 Å². The number of thiophene rings is 1. The number of hydrazone groups is 1. The second-order valence-electron chi connectivity index (χ2n) is 6.75. The quantitative estimate of drug-likeness (QED) is 0.287. The van der Waals surface area contributed by atoms with Gasteiger partial charge in [-0.15, -0.1) is 11.3 Å². The average Bonchev–Trinajstić information content (AvgIpc) is 3.37. The smallest absolute Gasteiger partial charge is 0.269 e. The molecule has 2 aliphatic rings. The Morgan fingerprint density at radius 2 is 2.07 bits per heavy atom. The Morgan fingerprint density at radius 1 is 1.21 bits per heavy atom. The molecule has 3 heterocycles. The van der Waals surface area contributed by atoms with Crippen LogP contribution in [0.2, 0.25) is 0 Å². The Labute approximate surface area is 187 Å². The van der Waals surface area contributed by atoms with Gasteiger partial charge < -0.3 is 4.74 Å². The molecule has 0 unspecified atom stereocenters. The van der Waals surface area contributed by atoms with Crippen molar-refractivity contribution in [3.8, 4) is 5.75 Å². The molecule has 0 spiro atoms. The molecule has 1 aromatic heterocycles. The van der Waals surface area contributed by atoms with Crippen LogP contribution < -0.4 is 4.74 Å². The van der Waals surface area contributed by atoms with E-state index in [-0.39, 0.29) is 11.7 Å². The number of ether oxygens (including phenoxy) is 1. The molecule has 0 bridgehead atoms. The van der Waals surface area contributed by atoms with E-state index in [1.807, 2.05) is 34.7 Å². The van der Waals surface area contributed by atoms with Crippen molar-refractivity contribution in [2.45, 2.75) is 18.7 Å². The molecule has 0 radical (unpaired) electrons. The normalized spacial score (nSPS) is 19.9. The lowest BCUT2D eigenvalue weighted by Gasteiger charge is -2.38. The SMILES string of the molecule is O=[N+]([O-])c1cccc([C@@H]2Oc3c(Br)cc(Br)cc3[C@H]3CC(c4cccs4)=NN32)c1. The summed E-state index contributed by atoms with van der Waals surface area (Å²) < 4.78 is 8.13. The lowest BCUT2D eigenvalue weighted by atomic mass is 9.97. The van der Waals surface area contributed by atoms with Crippen molar-refractivity contribution < 1.29 is 9.66 Å². The van der Waals surface area contributed by atoms with Gasteiger partial charge >= 0.3 is 0 Å². The Kier molecular flexibility index (Phi) is 4.68. The summed E-state index contributed by atoms with van der Waals surface area (Å²) in [5.41, 5.74) is 2.75. The van der Waals surface area contributed by atoms with Gasteiger partial charge in [-0.1, -0.05) is 34.1 Å². The highest BCUT2D eigenvalue weighted by atomic mass is 79.9. The summed E-state index contributed by atoms with van der Waals surface area (Å²) in [6.45, 7) is 0. The van der Waals surface area contributed by atoms with E-state index >= 15 is 0 Å². The van der Waals surface area contributed by atoms with Crippen LogP contribution in [0.15, 0.2) is 68.0 Å². The average molecular weight is 535 g/mol. The number of nitro benzene ring substituents is 1. The lowest BCUT2D eigenvalue weighted by molar-refractivity contribution is -0.385. The summed E-state index contributed by atoms with van der Waals surface area (Å²) in [7, 11) is 0. The largest absolute Gasteiger partial charge is 0.463 e. The van der Waals surface area contributed by atoms with Gasteiger partial charge in [-0.3, -0.25) is 10.1 Å². The fourth-order valence-electron chi connectivity index (χ4n) is 3.72. The number of rotatable bonds is 3. The number of benzene rings is 2. The van der Waals surface area contributed by atoms with Gasteiger partial charge in [0.1, 0.15) is 5.75 Å². The zero-order valence-electron chi connectivity index (χ0n) is 14.8. The van der Waals surface area contributed by atoms with Gasteiger partial charge in [0, 0.05) is 34.2 Å². The molecular weight excluding hydrogens is 522 g/mol. The first-order chi connectivity index (χ1) is 14.0. The highest BCUT2D eigenvalue weighted by Crippen LogP contribution is 2.51. The fraction of sp³-hybridized carbons (Fsp3) is 0.150. The van der Waals surface area contributed by atoms with Gasteiger partial charge in [-0.05, 0) is 39.5 Å². The van der Waals surface area contributed by atoms with Crippen molar-refractivity contribution >= 4 is 54.6 Å². The zero-order valence-corrected chi connectivity index (χ0v) is 18.8. The first-order valence-electron chi connectivity index (χ1n) is 8.81. The van der Waals surface area contributed by atoms with Crippen LogP contribution in [0, 0.1) is 10.1 Å². The first kappa shape index (κ1) is 18.8. The van der Waals surface area contributed by atoms with Crippen LogP contribution in [0.5, 0.6) is 5.75 Å². The van der Waals surface area contributed by atoms with Gasteiger partial charge in [-0.2, -0.15) is 5.10 Å². The van der Waals surface area contributed by atoms with Crippen LogP contribution in [-0.2, 0) is 0 Å². The maximum absolute atomic E-state index is 11.3. The van der Waals surface area contributed by atoms with Gasteiger partial charge in [-0.25, -0.2) is 5.01 Å². The number of halogens is 2. The first-order valence-corrected chi connectivity index (χ1v) is 11.3. The Hall–Kier alpha value is -2.23. The van der Waals surface area contributed by atoms with Crippen molar-refractivity contribution in [1.29, 1.82) is 0 Å². The van der Waals surface area contributed by atoms with E-state index in [2.05, 4.69) is 37.9 Å². The van der Waals surface area contributed by atoms with E-state index in [1.165, 1.54) is 6.07 Å². The molecule has 5 rings (SSSR count). The molecule has 2 aromatic carbocycles. The van der Waals surface area contributed by atoms with Crippen LogP contribution in [0.25, 0.3) is 0 Å². The molecule has 0 amide bonds. The molecule has 2 aliphatic heterocycles. The summed E-state index contributed by atoms with van der Waals surface area (Å²) in [4.78, 5) is 12.0. The minimum Gasteiger partial charge on any atom is -0.463 e. The van der Waals surface area contributed by atoms with Crippen LogP contribution in [-0.4, -0.2) is 15.6 Å².